The average molecular weight is 280 g/mol. The van der Waals surface area contributed by atoms with Crippen LogP contribution in [-0.4, -0.2) is 11.1 Å². The minimum Gasteiger partial charge on any atom is -0.478 e. The summed E-state index contributed by atoms with van der Waals surface area (Å²) in [4.78, 5) is 12.8. The van der Waals surface area contributed by atoms with Crippen LogP contribution in [0, 0.1) is 0 Å². The highest BCUT2D eigenvalue weighted by molar-refractivity contribution is 7.99. The van der Waals surface area contributed by atoms with Crippen LogP contribution in [0.4, 0.5) is 5.69 Å². The van der Waals surface area contributed by atoms with Gasteiger partial charge in [-0.05, 0) is 42.5 Å². The molecule has 0 aliphatic carbocycles. The number of anilines is 1. The molecule has 0 bridgehead atoms. The molecule has 3 nitrogen and oxygen atoms in total. The Balaban J connectivity index is 2.27. The van der Waals surface area contributed by atoms with Crippen LogP contribution >= 0.6 is 23.4 Å². The molecule has 18 heavy (non-hydrogen) atoms. The number of benzene rings is 2. The Kier molecular flexibility index (Phi) is 3.79. The molecule has 0 saturated heterocycles. The monoisotopic (exact) mass is 279 g/mol. The maximum absolute atomic E-state index is 11.0. The molecule has 0 atom stereocenters. The normalized spacial score (nSPS) is 10.3. The fourth-order valence-electron chi connectivity index (χ4n) is 1.40. The van der Waals surface area contributed by atoms with Gasteiger partial charge in [-0.15, -0.1) is 0 Å². The van der Waals surface area contributed by atoms with E-state index in [0.717, 1.165) is 9.79 Å². The van der Waals surface area contributed by atoms with E-state index in [-0.39, 0.29) is 10.6 Å². The van der Waals surface area contributed by atoms with Gasteiger partial charge in [-0.2, -0.15) is 0 Å². The molecule has 0 saturated carbocycles. The molecule has 0 aliphatic rings. The van der Waals surface area contributed by atoms with Gasteiger partial charge < -0.3 is 10.8 Å². The Morgan fingerprint density at radius 2 is 1.72 bits per heavy atom. The van der Waals surface area contributed by atoms with Crippen molar-refractivity contribution in [2.45, 2.75) is 9.79 Å². The summed E-state index contributed by atoms with van der Waals surface area (Å²) in [5, 5.41) is 9.22. The molecule has 0 fully saturated rings. The number of nitrogens with two attached hydrogens (primary N) is 1. The molecule has 2 aromatic rings. The van der Waals surface area contributed by atoms with E-state index < -0.39 is 5.97 Å². The standard InChI is InChI=1S/C13H10ClNO2S/c14-12-6-5-10(7-11(12)13(16)17)18-9-3-1-8(15)2-4-9/h1-7H,15H2,(H,16,17). The predicted molar refractivity (Wildman–Crippen MR) is 73.4 cm³/mol. The first-order valence-corrected chi connectivity index (χ1v) is 6.32. The minimum atomic E-state index is -1.03. The summed E-state index contributed by atoms with van der Waals surface area (Å²) in [6, 6.07) is 12.3. The average Bonchev–Trinajstić information content (AvgIpc) is 2.34. The number of carboxylic acids is 1. The van der Waals surface area contributed by atoms with Gasteiger partial charge in [0.25, 0.3) is 0 Å². The van der Waals surface area contributed by atoms with E-state index in [9.17, 15) is 4.79 Å². The quantitative estimate of drug-likeness (QED) is 0.840. The Morgan fingerprint density at radius 1 is 1.11 bits per heavy atom. The summed E-state index contributed by atoms with van der Waals surface area (Å²) in [6.07, 6.45) is 0. The Hall–Kier alpha value is -1.65. The van der Waals surface area contributed by atoms with Gasteiger partial charge in [0.1, 0.15) is 0 Å². The van der Waals surface area contributed by atoms with Crippen molar-refractivity contribution in [2.75, 3.05) is 5.73 Å². The van der Waals surface area contributed by atoms with Gasteiger partial charge in [-0.25, -0.2) is 4.79 Å². The third-order valence-electron chi connectivity index (χ3n) is 2.28. The highest BCUT2D eigenvalue weighted by atomic mass is 35.5. The number of carboxylic acid groups (broad SMARTS) is 1. The smallest absolute Gasteiger partial charge is 0.337 e. The summed E-state index contributed by atoms with van der Waals surface area (Å²) in [7, 11) is 0. The van der Waals surface area contributed by atoms with E-state index >= 15 is 0 Å². The lowest BCUT2D eigenvalue weighted by molar-refractivity contribution is 0.0697. The molecular weight excluding hydrogens is 270 g/mol. The van der Waals surface area contributed by atoms with Crippen molar-refractivity contribution in [3.63, 3.8) is 0 Å². The molecule has 0 heterocycles. The molecule has 0 amide bonds. The third kappa shape index (κ3) is 2.97. The fourth-order valence-corrected chi connectivity index (χ4v) is 2.46. The number of halogens is 1. The van der Waals surface area contributed by atoms with Gasteiger partial charge in [0, 0.05) is 15.5 Å². The Morgan fingerprint density at radius 3 is 2.33 bits per heavy atom. The SMILES string of the molecule is Nc1ccc(Sc2ccc(Cl)c(C(=O)O)c2)cc1. The van der Waals surface area contributed by atoms with Crippen LogP contribution in [-0.2, 0) is 0 Å². The molecule has 0 radical (unpaired) electrons. The lowest BCUT2D eigenvalue weighted by Crippen LogP contribution is -1.97. The van der Waals surface area contributed by atoms with Crippen LogP contribution in [0.2, 0.25) is 5.02 Å². The zero-order chi connectivity index (χ0) is 13.1. The third-order valence-corrected chi connectivity index (χ3v) is 3.61. The molecule has 3 N–H and O–H groups in total. The number of rotatable bonds is 3. The highest BCUT2D eigenvalue weighted by Gasteiger charge is 2.09. The van der Waals surface area contributed by atoms with Crippen molar-refractivity contribution in [3.8, 4) is 0 Å². The Labute approximate surface area is 114 Å². The van der Waals surface area contributed by atoms with Crippen molar-refractivity contribution in [1.82, 2.24) is 0 Å². The topological polar surface area (TPSA) is 63.3 Å². The molecule has 0 spiro atoms. The molecular formula is C13H10ClNO2S. The van der Waals surface area contributed by atoms with E-state index in [1.807, 2.05) is 12.1 Å². The first-order chi connectivity index (χ1) is 8.56. The number of nitrogen functional groups attached to an aromatic ring is 1. The van der Waals surface area contributed by atoms with Crippen LogP contribution < -0.4 is 5.73 Å². The van der Waals surface area contributed by atoms with Crippen molar-refractivity contribution < 1.29 is 9.90 Å². The lowest BCUT2D eigenvalue weighted by Gasteiger charge is -2.04. The molecule has 0 aromatic heterocycles. The molecule has 2 rings (SSSR count). The Bertz CT molecular complexity index is 584. The zero-order valence-corrected chi connectivity index (χ0v) is 10.8. The first kappa shape index (κ1) is 12.8. The molecule has 2 aromatic carbocycles. The van der Waals surface area contributed by atoms with Crippen molar-refractivity contribution in [2.24, 2.45) is 0 Å². The van der Waals surface area contributed by atoms with E-state index in [0.29, 0.717) is 5.69 Å². The highest BCUT2D eigenvalue weighted by Crippen LogP contribution is 2.30. The van der Waals surface area contributed by atoms with Gasteiger partial charge >= 0.3 is 5.97 Å². The second-order valence-electron chi connectivity index (χ2n) is 3.62. The number of hydrogen-bond donors (Lipinski definition) is 2. The van der Waals surface area contributed by atoms with Crippen molar-refractivity contribution >= 4 is 35.0 Å². The van der Waals surface area contributed by atoms with Gasteiger partial charge in [-0.1, -0.05) is 23.4 Å². The van der Waals surface area contributed by atoms with Crippen LogP contribution in [0.5, 0.6) is 0 Å². The predicted octanol–water partition coefficient (Wildman–Crippen LogP) is 3.77. The molecule has 92 valence electrons. The summed E-state index contributed by atoms with van der Waals surface area (Å²) >= 11 is 7.27. The lowest BCUT2D eigenvalue weighted by atomic mass is 10.2. The van der Waals surface area contributed by atoms with Gasteiger partial charge in [0.15, 0.2) is 0 Å². The van der Waals surface area contributed by atoms with E-state index in [1.54, 1.807) is 30.3 Å². The van der Waals surface area contributed by atoms with E-state index in [1.165, 1.54) is 11.8 Å². The fraction of sp³-hybridized carbons (Fsp3) is 0. The second kappa shape index (κ2) is 5.33. The van der Waals surface area contributed by atoms with Gasteiger partial charge in [0.2, 0.25) is 0 Å². The first-order valence-electron chi connectivity index (χ1n) is 5.12. The van der Waals surface area contributed by atoms with E-state index in [4.69, 9.17) is 22.4 Å². The van der Waals surface area contributed by atoms with Crippen molar-refractivity contribution in [3.05, 3.63) is 53.1 Å². The zero-order valence-electron chi connectivity index (χ0n) is 9.26. The van der Waals surface area contributed by atoms with Crippen LogP contribution in [0.3, 0.4) is 0 Å². The van der Waals surface area contributed by atoms with Gasteiger partial charge in [-0.3, -0.25) is 0 Å². The van der Waals surface area contributed by atoms with Gasteiger partial charge in [0.05, 0.1) is 10.6 Å². The summed E-state index contributed by atoms with van der Waals surface area (Å²) < 4.78 is 0. The minimum absolute atomic E-state index is 0.108. The van der Waals surface area contributed by atoms with Crippen LogP contribution in [0.25, 0.3) is 0 Å². The number of hydrogen-bond acceptors (Lipinski definition) is 3. The largest absolute Gasteiger partial charge is 0.478 e. The molecule has 0 unspecified atom stereocenters. The van der Waals surface area contributed by atoms with Crippen molar-refractivity contribution in [1.29, 1.82) is 0 Å². The second-order valence-corrected chi connectivity index (χ2v) is 5.17. The summed E-state index contributed by atoms with van der Waals surface area (Å²) in [5.74, 6) is -1.03. The van der Waals surface area contributed by atoms with Crippen LogP contribution in [0.15, 0.2) is 52.3 Å². The number of aromatic carboxylic acids is 1. The van der Waals surface area contributed by atoms with E-state index in [2.05, 4.69) is 0 Å². The summed E-state index contributed by atoms with van der Waals surface area (Å²) in [5.41, 5.74) is 6.40. The maximum atomic E-state index is 11.0. The summed E-state index contributed by atoms with van der Waals surface area (Å²) in [6.45, 7) is 0. The molecule has 0 aliphatic heterocycles. The molecule has 5 heteroatoms. The van der Waals surface area contributed by atoms with Crippen LogP contribution in [0.1, 0.15) is 10.4 Å². The number of carbonyl (C=O) groups is 1. The maximum Gasteiger partial charge on any atom is 0.337 e.